The van der Waals surface area contributed by atoms with Crippen molar-refractivity contribution in [3.05, 3.63) is 94.7 Å². The van der Waals surface area contributed by atoms with E-state index in [2.05, 4.69) is 35.7 Å². The molecule has 1 aliphatic heterocycles. The molecule has 0 aromatic heterocycles. The average molecular weight is 511 g/mol. The lowest BCUT2D eigenvalue weighted by atomic mass is 10.0. The summed E-state index contributed by atoms with van der Waals surface area (Å²) in [7, 11) is 5.98. The van der Waals surface area contributed by atoms with Crippen LogP contribution in [0.15, 0.2) is 72.5 Å². The number of allylic oxidation sites excluding steroid dienone is 4. The molecule has 1 heterocycles. The third-order valence-corrected chi connectivity index (χ3v) is 6.95. The molecule has 0 unspecified atom stereocenters. The quantitative estimate of drug-likeness (QED) is 0.317. The first kappa shape index (κ1) is 28.4. The lowest BCUT2D eigenvalue weighted by Crippen LogP contribution is -2.44. The summed E-state index contributed by atoms with van der Waals surface area (Å²) in [6.45, 7) is 5.39. The molecule has 2 aromatic carbocycles. The van der Waals surface area contributed by atoms with Gasteiger partial charge in [-0.15, -0.1) is 0 Å². The number of rotatable bonds is 9. The summed E-state index contributed by atoms with van der Waals surface area (Å²) in [6.07, 6.45) is 9.48. The van der Waals surface area contributed by atoms with Gasteiger partial charge < -0.3 is 25.8 Å². The summed E-state index contributed by atoms with van der Waals surface area (Å²) in [4.78, 5) is 17.4. The minimum absolute atomic E-state index is 0.0299. The SMILES string of the molecule is C/C=C(\NC(/C=C\C(=N)c1ccc(C(=O)N2CCC(N(C)C)CC2)c(NC)c1)=C/C)c1ccc(C#N)cc1. The molecule has 1 amide bonds. The van der Waals surface area contributed by atoms with E-state index in [4.69, 9.17) is 10.7 Å². The van der Waals surface area contributed by atoms with Gasteiger partial charge in [0.05, 0.1) is 22.9 Å². The van der Waals surface area contributed by atoms with E-state index in [1.807, 2.05) is 67.3 Å². The van der Waals surface area contributed by atoms with Crippen LogP contribution in [0.25, 0.3) is 5.70 Å². The molecule has 1 saturated heterocycles. The number of hydrogen-bond donors (Lipinski definition) is 3. The molecule has 2 aromatic rings. The maximum atomic E-state index is 13.2. The first-order valence-corrected chi connectivity index (χ1v) is 13.0. The molecule has 0 saturated carbocycles. The van der Waals surface area contributed by atoms with Gasteiger partial charge >= 0.3 is 0 Å². The highest BCUT2D eigenvalue weighted by Gasteiger charge is 2.26. The van der Waals surface area contributed by atoms with Crippen molar-refractivity contribution >= 4 is 23.0 Å². The second-order valence-corrected chi connectivity index (χ2v) is 9.50. The third-order valence-electron chi connectivity index (χ3n) is 6.95. The summed E-state index contributed by atoms with van der Waals surface area (Å²) in [5.74, 6) is 0.0299. The largest absolute Gasteiger partial charge is 0.387 e. The van der Waals surface area contributed by atoms with Crippen LogP contribution in [0.4, 0.5) is 5.69 Å². The van der Waals surface area contributed by atoms with Crippen LogP contribution >= 0.6 is 0 Å². The molecule has 1 fully saturated rings. The fourth-order valence-corrected chi connectivity index (χ4v) is 4.53. The van der Waals surface area contributed by atoms with E-state index in [-0.39, 0.29) is 5.91 Å². The molecule has 0 aliphatic carbocycles. The van der Waals surface area contributed by atoms with E-state index in [0.29, 0.717) is 22.9 Å². The van der Waals surface area contributed by atoms with Gasteiger partial charge in [0, 0.05) is 48.8 Å². The Bertz CT molecular complexity index is 1270. The normalized spacial score (nSPS) is 15.0. The van der Waals surface area contributed by atoms with E-state index >= 15 is 0 Å². The number of likely N-dealkylation sites (tertiary alicyclic amines) is 1. The van der Waals surface area contributed by atoms with E-state index in [1.54, 1.807) is 25.3 Å². The van der Waals surface area contributed by atoms with Gasteiger partial charge in [0.25, 0.3) is 5.91 Å². The van der Waals surface area contributed by atoms with E-state index in [9.17, 15) is 4.79 Å². The standard InChI is InChI=1S/C31H38N6O/c1-6-25(35-29(7-2)23-10-8-22(21-32)9-11-23)13-15-28(33)24-12-14-27(30(20-24)34-3)31(38)37-18-16-26(17-19-37)36(4)5/h6-15,20,26,33-35H,16-19H2,1-5H3/b15-13-,25-6+,29-7-,33-28?. The molecule has 0 radical (unpaired) electrons. The Kier molecular flexibility index (Phi) is 10.0. The number of nitrogens with zero attached hydrogens (tertiary/aromatic N) is 3. The van der Waals surface area contributed by atoms with Gasteiger partial charge in [0.2, 0.25) is 0 Å². The number of nitrogens with one attached hydrogen (secondary N) is 3. The predicted octanol–water partition coefficient (Wildman–Crippen LogP) is 5.24. The molecular weight excluding hydrogens is 472 g/mol. The second kappa shape index (κ2) is 13.4. The molecule has 7 nitrogen and oxygen atoms in total. The molecule has 0 atom stereocenters. The van der Waals surface area contributed by atoms with Crippen LogP contribution in [0.2, 0.25) is 0 Å². The summed E-state index contributed by atoms with van der Waals surface area (Å²) in [5, 5.41) is 24.2. The number of piperidine rings is 1. The zero-order chi connectivity index (χ0) is 27.7. The number of anilines is 1. The van der Waals surface area contributed by atoms with Crippen LogP contribution in [0.3, 0.4) is 0 Å². The molecule has 0 bridgehead atoms. The highest BCUT2D eigenvalue weighted by Crippen LogP contribution is 2.23. The smallest absolute Gasteiger partial charge is 0.255 e. The van der Waals surface area contributed by atoms with Gasteiger partial charge in [-0.2, -0.15) is 5.26 Å². The second-order valence-electron chi connectivity index (χ2n) is 9.50. The molecule has 0 spiro atoms. The number of hydrogen-bond acceptors (Lipinski definition) is 6. The van der Waals surface area contributed by atoms with Gasteiger partial charge in [0.1, 0.15) is 0 Å². The van der Waals surface area contributed by atoms with E-state index in [1.165, 1.54) is 0 Å². The summed E-state index contributed by atoms with van der Waals surface area (Å²) in [5.41, 5.74) is 5.76. The van der Waals surface area contributed by atoms with Crippen molar-refractivity contribution in [2.24, 2.45) is 0 Å². The van der Waals surface area contributed by atoms with Crippen LogP contribution in [-0.2, 0) is 0 Å². The fraction of sp³-hybridized carbons (Fsp3) is 0.323. The maximum absolute atomic E-state index is 13.2. The Labute approximate surface area is 226 Å². The minimum Gasteiger partial charge on any atom is -0.387 e. The van der Waals surface area contributed by atoms with Crippen molar-refractivity contribution in [1.82, 2.24) is 15.1 Å². The van der Waals surface area contributed by atoms with Gasteiger partial charge in [0.15, 0.2) is 0 Å². The van der Waals surface area contributed by atoms with Crippen molar-refractivity contribution in [1.29, 1.82) is 10.7 Å². The minimum atomic E-state index is 0.0299. The number of carbonyl (C=O) groups excluding carboxylic acids is 1. The third kappa shape index (κ3) is 6.99. The molecule has 7 heteroatoms. The van der Waals surface area contributed by atoms with Gasteiger partial charge in [-0.3, -0.25) is 4.79 Å². The molecule has 3 rings (SSSR count). The maximum Gasteiger partial charge on any atom is 0.255 e. The zero-order valence-corrected chi connectivity index (χ0v) is 23.0. The summed E-state index contributed by atoms with van der Waals surface area (Å²) in [6, 6.07) is 15.6. The average Bonchev–Trinajstić information content (AvgIpc) is 2.96. The number of benzene rings is 2. The van der Waals surface area contributed by atoms with Gasteiger partial charge in [-0.1, -0.05) is 30.4 Å². The number of nitriles is 1. The molecular formula is C31H38N6O. The van der Waals surface area contributed by atoms with Crippen molar-refractivity contribution in [3.8, 4) is 6.07 Å². The van der Waals surface area contributed by atoms with Crippen molar-refractivity contribution in [2.75, 3.05) is 39.5 Å². The first-order chi connectivity index (χ1) is 18.3. The molecule has 198 valence electrons. The number of amides is 1. The lowest BCUT2D eigenvalue weighted by Gasteiger charge is -2.35. The summed E-state index contributed by atoms with van der Waals surface area (Å²) >= 11 is 0. The van der Waals surface area contributed by atoms with Crippen LogP contribution < -0.4 is 10.6 Å². The zero-order valence-electron chi connectivity index (χ0n) is 23.0. The predicted molar refractivity (Wildman–Crippen MR) is 156 cm³/mol. The van der Waals surface area contributed by atoms with Gasteiger partial charge in [-0.05, 0) is 82.8 Å². The molecule has 38 heavy (non-hydrogen) atoms. The fourth-order valence-electron chi connectivity index (χ4n) is 4.53. The van der Waals surface area contributed by atoms with Crippen LogP contribution in [0, 0.1) is 16.7 Å². The Morgan fingerprint density at radius 3 is 2.26 bits per heavy atom. The van der Waals surface area contributed by atoms with Crippen LogP contribution in [0.5, 0.6) is 0 Å². The van der Waals surface area contributed by atoms with E-state index in [0.717, 1.165) is 54.1 Å². The molecule has 3 N–H and O–H groups in total. The highest BCUT2D eigenvalue weighted by molar-refractivity contribution is 6.09. The monoisotopic (exact) mass is 510 g/mol. The van der Waals surface area contributed by atoms with Crippen molar-refractivity contribution in [3.63, 3.8) is 0 Å². The van der Waals surface area contributed by atoms with Crippen LogP contribution in [0.1, 0.15) is 53.7 Å². The van der Waals surface area contributed by atoms with Crippen molar-refractivity contribution < 1.29 is 4.79 Å². The topological polar surface area (TPSA) is 95.2 Å². The van der Waals surface area contributed by atoms with Gasteiger partial charge in [-0.25, -0.2) is 0 Å². The van der Waals surface area contributed by atoms with E-state index < -0.39 is 0 Å². The lowest BCUT2D eigenvalue weighted by molar-refractivity contribution is 0.0664. The molecule has 1 aliphatic rings. The number of carbonyl (C=O) groups is 1. The first-order valence-electron chi connectivity index (χ1n) is 13.0. The Morgan fingerprint density at radius 1 is 1.05 bits per heavy atom. The Hall–Kier alpha value is -4.15. The highest BCUT2D eigenvalue weighted by atomic mass is 16.2. The van der Waals surface area contributed by atoms with Crippen molar-refractivity contribution in [2.45, 2.75) is 32.7 Å². The Balaban J connectivity index is 1.69. The van der Waals surface area contributed by atoms with Crippen LogP contribution in [-0.4, -0.2) is 61.7 Å². The Morgan fingerprint density at radius 2 is 1.71 bits per heavy atom. The summed E-state index contributed by atoms with van der Waals surface area (Å²) < 4.78 is 0.